The Bertz CT molecular complexity index is 809. The lowest BCUT2D eigenvalue weighted by atomic mass is 9.96. The van der Waals surface area contributed by atoms with Crippen LogP contribution in [0.15, 0.2) is 30.3 Å². The van der Waals surface area contributed by atoms with Crippen molar-refractivity contribution in [1.29, 1.82) is 5.26 Å². The first-order valence-corrected chi connectivity index (χ1v) is 7.57. The predicted octanol–water partition coefficient (Wildman–Crippen LogP) is 3.93. The van der Waals surface area contributed by atoms with Gasteiger partial charge >= 0.3 is 0 Å². The largest absolute Gasteiger partial charge is 0.384 e. The summed E-state index contributed by atoms with van der Waals surface area (Å²) in [4.78, 5) is 0. The summed E-state index contributed by atoms with van der Waals surface area (Å²) in [6.45, 7) is 5.13. The Kier molecular flexibility index (Phi) is 3.86. The van der Waals surface area contributed by atoms with Gasteiger partial charge in [0.05, 0.1) is 17.3 Å². The molecular weight excluding hydrogens is 268 g/mol. The summed E-state index contributed by atoms with van der Waals surface area (Å²) < 4.78 is 0. The van der Waals surface area contributed by atoms with Gasteiger partial charge in [-0.15, -0.1) is 0 Å². The molecule has 22 heavy (non-hydrogen) atoms. The molecule has 3 rings (SSSR count). The Hall–Kier alpha value is -2.71. The minimum absolute atomic E-state index is 0.687. The van der Waals surface area contributed by atoms with Crippen LogP contribution in [0.2, 0.25) is 0 Å². The van der Waals surface area contributed by atoms with Crippen molar-refractivity contribution in [2.45, 2.75) is 26.7 Å². The minimum atomic E-state index is 0.687. The Morgan fingerprint density at radius 1 is 0.955 bits per heavy atom. The monoisotopic (exact) mass is 286 g/mol. The van der Waals surface area contributed by atoms with E-state index in [1.165, 1.54) is 16.7 Å². The summed E-state index contributed by atoms with van der Waals surface area (Å²) in [5.74, 6) is 6.50. The molecule has 0 amide bonds. The van der Waals surface area contributed by atoms with Gasteiger partial charge in [-0.05, 0) is 67.6 Å². The van der Waals surface area contributed by atoms with Gasteiger partial charge in [-0.3, -0.25) is 0 Å². The van der Waals surface area contributed by atoms with Gasteiger partial charge in [-0.1, -0.05) is 17.9 Å². The zero-order valence-corrected chi connectivity index (χ0v) is 13.0. The normalized spacial score (nSPS) is 12.4. The summed E-state index contributed by atoms with van der Waals surface area (Å²) in [6.07, 6.45) is 2.11. The van der Waals surface area contributed by atoms with Crippen molar-refractivity contribution >= 4 is 5.69 Å². The number of nitrogens with one attached hydrogen (secondary N) is 1. The number of hydrogen-bond donors (Lipinski definition) is 1. The van der Waals surface area contributed by atoms with E-state index in [1.54, 1.807) is 0 Å². The Labute approximate surface area is 131 Å². The van der Waals surface area contributed by atoms with Crippen molar-refractivity contribution < 1.29 is 0 Å². The third-order valence-corrected chi connectivity index (χ3v) is 3.84. The Morgan fingerprint density at radius 2 is 1.73 bits per heavy atom. The molecule has 0 atom stereocenters. The van der Waals surface area contributed by atoms with Gasteiger partial charge in [-0.2, -0.15) is 5.26 Å². The second-order valence-corrected chi connectivity index (χ2v) is 5.83. The standard InChI is InChI=1S/C20H18N2/c1-14-8-15(2)10-16(9-14)5-6-19-12-17(13-21)11-18-4-3-7-22-20(18)19/h8-12,22H,3-4,7H2,1-2H3. The van der Waals surface area contributed by atoms with Crippen molar-refractivity contribution in [2.24, 2.45) is 0 Å². The summed E-state index contributed by atoms with van der Waals surface area (Å²) in [5, 5.41) is 12.6. The van der Waals surface area contributed by atoms with Crippen LogP contribution in [0.1, 0.15) is 39.8 Å². The lowest BCUT2D eigenvalue weighted by Gasteiger charge is -2.19. The second kappa shape index (κ2) is 5.96. The second-order valence-electron chi connectivity index (χ2n) is 5.83. The molecule has 0 aromatic heterocycles. The van der Waals surface area contributed by atoms with E-state index in [0.29, 0.717) is 5.56 Å². The van der Waals surface area contributed by atoms with Gasteiger partial charge in [0.2, 0.25) is 0 Å². The van der Waals surface area contributed by atoms with Crippen molar-refractivity contribution in [1.82, 2.24) is 0 Å². The molecule has 1 N–H and O–H groups in total. The maximum Gasteiger partial charge on any atom is 0.0992 e. The van der Waals surface area contributed by atoms with E-state index in [1.807, 2.05) is 12.1 Å². The molecule has 1 aliphatic rings. The summed E-state index contributed by atoms with van der Waals surface area (Å²) in [6, 6.07) is 12.4. The van der Waals surface area contributed by atoms with Gasteiger partial charge in [0, 0.05) is 17.7 Å². The number of aryl methyl sites for hydroxylation is 3. The highest BCUT2D eigenvalue weighted by atomic mass is 14.9. The van der Waals surface area contributed by atoms with E-state index in [9.17, 15) is 5.26 Å². The maximum atomic E-state index is 9.20. The third-order valence-electron chi connectivity index (χ3n) is 3.84. The molecule has 0 unspecified atom stereocenters. The van der Waals surface area contributed by atoms with Crippen LogP contribution >= 0.6 is 0 Å². The van der Waals surface area contributed by atoms with Crippen LogP contribution in [0.25, 0.3) is 0 Å². The van der Waals surface area contributed by atoms with Crippen molar-refractivity contribution in [3.63, 3.8) is 0 Å². The molecule has 0 aliphatic carbocycles. The molecule has 0 spiro atoms. The number of rotatable bonds is 0. The van der Waals surface area contributed by atoms with Gasteiger partial charge < -0.3 is 5.32 Å². The van der Waals surface area contributed by atoms with E-state index >= 15 is 0 Å². The lowest BCUT2D eigenvalue weighted by molar-refractivity contribution is 0.829. The number of benzene rings is 2. The number of nitriles is 1. The first-order chi connectivity index (χ1) is 10.7. The molecule has 2 heteroatoms. The Balaban J connectivity index is 2.06. The zero-order valence-electron chi connectivity index (χ0n) is 13.0. The zero-order chi connectivity index (χ0) is 15.5. The molecule has 0 saturated carbocycles. The van der Waals surface area contributed by atoms with Crippen molar-refractivity contribution in [3.05, 3.63) is 63.7 Å². The van der Waals surface area contributed by atoms with Crippen LogP contribution in [0, 0.1) is 37.0 Å². The van der Waals surface area contributed by atoms with Crippen LogP contribution in [0.3, 0.4) is 0 Å². The molecular formula is C20H18N2. The van der Waals surface area contributed by atoms with E-state index in [0.717, 1.165) is 36.2 Å². The molecule has 1 aliphatic heterocycles. The minimum Gasteiger partial charge on any atom is -0.384 e. The topological polar surface area (TPSA) is 35.8 Å². The fraction of sp³-hybridized carbons (Fsp3) is 0.250. The molecule has 2 aromatic carbocycles. The first-order valence-electron chi connectivity index (χ1n) is 7.57. The van der Waals surface area contributed by atoms with E-state index in [4.69, 9.17) is 0 Å². The van der Waals surface area contributed by atoms with Gasteiger partial charge in [0.15, 0.2) is 0 Å². The number of anilines is 1. The van der Waals surface area contributed by atoms with Gasteiger partial charge in [0.25, 0.3) is 0 Å². The van der Waals surface area contributed by atoms with Gasteiger partial charge in [0.1, 0.15) is 0 Å². The van der Waals surface area contributed by atoms with E-state index in [2.05, 4.69) is 55.3 Å². The fourth-order valence-corrected chi connectivity index (χ4v) is 2.95. The summed E-state index contributed by atoms with van der Waals surface area (Å²) in [5.41, 5.74) is 7.37. The summed E-state index contributed by atoms with van der Waals surface area (Å²) in [7, 11) is 0. The van der Waals surface area contributed by atoms with Gasteiger partial charge in [-0.25, -0.2) is 0 Å². The predicted molar refractivity (Wildman–Crippen MR) is 89.9 cm³/mol. The molecule has 108 valence electrons. The van der Waals surface area contributed by atoms with Crippen molar-refractivity contribution in [2.75, 3.05) is 11.9 Å². The van der Waals surface area contributed by atoms with E-state index < -0.39 is 0 Å². The van der Waals surface area contributed by atoms with Crippen LogP contribution in [-0.2, 0) is 6.42 Å². The molecule has 2 aromatic rings. The number of hydrogen-bond acceptors (Lipinski definition) is 2. The highest BCUT2D eigenvalue weighted by molar-refractivity contribution is 5.68. The quantitative estimate of drug-likeness (QED) is 0.745. The van der Waals surface area contributed by atoms with Crippen LogP contribution < -0.4 is 5.32 Å². The maximum absolute atomic E-state index is 9.20. The molecule has 0 fully saturated rings. The number of nitrogens with zero attached hydrogens (tertiary/aromatic N) is 1. The highest BCUT2D eigenvalue weighted by Crippen LogP contribution is 2.27. The highest BCUT2D eigenvalue weighted by Gasteiger charge is 2.13. The van der Waals surface area contributed by atoms with Crippen LogP contribution in [-0.4, -0.2) is 6.54 Å². The third kappa shape index (κ3) is 2.97. The average Bonchev–Trinajstić information content (AvgIpc) is 2.51. The van der Waals surface area contributed by atoms with E-state index in [-0.39, 0.29) is 0 Å². The van der Waals surface area contributed by atoms with Crippen LogP contribution in [0.4, 0.5) is 5.69 Å². The molecule has 1 heterocycles. The Morgan fingerprint density at radius 3 is 2.45 bits per heavy atom. The smallest absolute Gasteiger partial charge is 0.0992 e. The fourth-order valence-electron chi connectivity index (χ4n) is 2.95. The first kappa shape index (κ1) is 14.2. The SMILES string of the molecule is Cc1cc(C)cc(C#Cc2cc(C#N)cc3c2NCCC3)c1. The molecule has 0 bridgehead atoms. The van der Waals surface area contributed by atoms with Crippen LogP contribution in [0.5, 0.6) is 0 Å². The average molecular weight is 286 g/mol. The molecule has 0 saturated heterocycles. The number of fused-ring (bicyclic) bond motifs is 1. The lowest BCUT2D eigenvalue weighted by Crippen LogP contribution is -2.13. The summed E-state index contributed by atoms with van der Waals surface area (Å²) >= 11 is 0. The molecule has 2 nitrogen and oxygen atoms in total. The molecule has 0 radical (unpaired) electrons. The van der Waals surface area contributed by atoms with Crippen molar-refractivity contribution in [3.8, 4) is 17.9 Å².